The Morgan fingerprint density at radius 3 is 1.34 bits per heavy atom. The van der Waals surface area contributed by atoms with Gasteiger partial charge in [-0.3, -0.25) is 4.79 Å². The van der Waals surface area contributed by atoms with Crippen LogP contribution in [-0.4, -0.2) is 5.78 Å². The first-order valence-corrected chi connectivity index (χ1v) is 11.1. The average Bonchev–Trinajstić information content (AvgIpc) is 2.87. The molecule has 1 aliphatic carbocycles. The molecule has 1 aliphatic rings. The summed E-state index contributed by atoms with van der Waals surface area (Å²) < 4.78 is 0. The SMILES string of the molecule is O=C1CCC(=C(c2ccccc2)c2ccccc2)C(c2ccccc2)=C1c1ccccc1. The Bertz CT molecular complexity index is 1240. The molecular weight excluding hydrogens is 388 g/mol. The first-order valence-electron chi connectivity index (χ1n) is 11.1. The molecule has 1 heteroatoms. The summed E-state index contributed by atoms with van der Waals surface area (Å²) in [5.74, 6) is 0.208. The normalized spacial score (nSPS) is 13.9. The molecule has 0 aromatic heterocycles. The van der Waals surface area contributed by atoms with E-state index in [0.717, 1.165) is 28.7 Å². The van der Waals surface area contributed by atoms with Gasteiger partial charge in [0, 0.05) is 12.0 Å². The molecule has 0 saturated carbocycles. The second-order valence-electron chi connectivity index (χ2n) is 7.99. The van der Waals surface area contributed by atoms with Crippen LogP contribution in [0, 0.1) is 0 Å². The minimum absolute atomic E-state index is 0.208. The van der Waals surface area contributed by atoms with Gasteiger partial charge in [-0.2, -0.15) is 0 Å². The molecule has 0 heterocycles. The van der Waals surface area contributed by atoms with Crippen molar-refractivity contribution in [1.82, 2.24) is 0 Å². The van der Waals surface area contributed by atoms with Crippen LogP contribution in [0.5, 0.6) is 0 Å². The lowest BCUT2D eigenvalue weighted by Crippen LogP contribution is -2.14. The number of benzene rings is 4. The number of allylic oxidation sites excluding steroid dienone is 3. The Balaban J connectivity index is 1.89. The molecule has 1 nitrogen and oxygen atoms in total. The predicted molar refractivity (Wildman–Crippen MR) is 133 cm³/mol. The van der Waals surface area contributed by atoms with Crippen molar-refractivity contribution in [3.05, 3.63) is 149 Å². The van der Waals surface area contributed by atoms with Crippen molar-refractivity contribution < 1.29 is 4.79 Å². The van der Waals surface area contributed by atoms with Gasteiger partial charge in [-0.05, 0) is 45.4 Å². The van der Waals surface area contributed by atoms with Gasteiger partial charge >= 0.3 is 0 Å². The molecule has 0 amide bonds. The second kappa shape index (κ2) is 9.03. The summed E-state index contributed by atoms with van der Waals surface area (Å²) in [6.07, 6.45) is 1.23. The maximum absolute atomic E-state index is 13.3. The van der Waals surface area contributed by atoms with Gasteiger partial charge in [0.25, 0.3) is 0 Å². The van der Waals surface area contributed by atoms with Gasteiger partial charge in [0.2, 0.25) is 0 Å². The number of hydrogen-bond donors (Lipinski definition) is 0. The zero-order valence-electron chi connectivity index (χ0n) is 17.9. The van der Waals surface area contributed by atoms with E-state index in [1.54, 1.807) is 0 Å². The number of Topliss-reactive ketones (excluding diaryl/α,β-unsaturated/α-hetero) is 1. The van der Waals surface area contributed by atoms with Crippen molar-refractivity contribution in [1.29, 1.82) is 0 Å². The van der Waals surface area contributed by atoms with E-state index in [1.165, 1.54) is 22.3 Å². The molecule has 154 valence electrons. The second-order valence-corrected chi connectivity index (χ2v) is 7.99. The van der Waals surface area contributed by atoms with Gasteiger partial charge in [0.15, 0.2) is 5.78 Å². The summed E-state index contributed by atoms with van der Waals surface area (Å²) >= 11 is 0. The molecule has 0 spiro atoms. The molecule has 0 bridgehead atoms. The first-order chi connectivity index (χ1) is 15.8. The van der Waals surface area contributed by atoms with Gasteiger partial charge in [-0.1, -0.05) is 121 Å². The molecule has 0 N–H and O–H groups in total. The van der Waals surface area contributed by atoms with Crippen LogP contribution in [0.25, 0.3) is 16.7 Å². The highest BCUT2D eigenvalue weighted by molar-refractivity contribution is 6.32. The van der Waals surface area contributed by atoms with Crippen LogP contribution in [-0.2, 0) is 4.79 Å². The molecule has 4 aromatic carbocycles. The van der Waals surface area contributed by atoms with E-state index in [2.05, 4.69) is 60.7 Å². The molecule has 5 rings (SSSR count). The van der Waals surface area contributed by atoms with Crippen LogP contribution in [0.4, 0.5) is 0 Å². The van der Waals surface area contributed by atoms with Gasteiger partial charge in [0.05, 0.1) is 0 Å². The van der Waals surface area contributed by atoms with Crippen LogP contribution in [0.3, 0.4) is 0 Å². The smallest absolute Gasteiger partial charge is 0.164 e. The Hall–Kier alpha value is -3.97. The van der Waals surface area contributed by atoms with Gasteiger partial charge in [-0.15, -0.1) is 0 Å². The Morgan fingerprint density at radius 1 is 0.469 bits per heavy atom. The number of carbonyl (C=O) groups excluding carboxylic acids is 1. The zero-order valence-corrected chi connectivity index (χ0v) is 17.9. The van der Waals surface area contributed by atoms with E-state index in [0.29, 0.717) is 6.42 Å². The Labute approximate surface area is 189 Å². The highest BCUT2D eigenvalue weighted by Crippen LogP contribution is 2.44. The quantitative estimate of drug-likeness (QED) is 0.340. The molecule has 0 fully saturated rings. The molecular formula is C31H24O. The Kier molecular flexibility index (Phi) is 5.63. The minimum atomic E-state index is 0.208. The fraction of sp³-hybridized carbons (Fsp3) is 0.0645. The number of carbonyl (C=O) groups is 1. The van der Waals surface area contributed by atoms with Crippen molar-refractivity contribution in [2.45, 2.75) is 12.8 Å². The lowest BCUT2D eigenvalue weighted by atomic mass is 9.76. The standard InChI is InChI=1S/C31H24O/c32-28-22-21-27(29(23-13-5-1-6-14-23)24-15-7-2-8-16-24)30(25-17-9-3-10-18-25)31(28)26-19-11-4-12-20-26/h1-20H,21-22H2. The molecule has 32 heavy (non-hydrogen) atoms. The fourth-order valence-corrected chi connectivity index (χ4v) is 4.59. The number of rotatable bonds is 4. The lowest BCUT2D eigenvalue weighted by molar-refractivity contribution is -0.113. The third-order valence-electron chi connectivity index (χ3n) is 5.98. The highest BCUT2D eigenvalue weighted by Gasteiger charge is 2.29. The zero-order chi connectivity index (χ0) is 21.8. The first kappa shape index (κ1) is 20.0. The van der Waals surface area contributed by atoms with E-state index in [4.69, 9.17) is 0 Å². The summed E-state index contributed by atoms with van der Waals surface area (Å²) in [5, 5.41) is 0. The monoisotopic (exact) mass is 412 g/mol. The van der Waals surface area contributed by atoms with Crippen molar-refractivity contribution in [3.63, 3.8) is 0 Å². The van der Waals surface area contributed by atoms with E-state index < -0.39 is 0 Å². The van der Waals surface area contributed by atoms with Crippen molar-refractivity contribution >= 4 is 22.5 Å². The van der Waals surface area contributed by atoms with Gasteiger partial charge < -0.3 is 0 Å². The van der Waals surface area contributed by atoms with Crippen LogP contribution in [0.1, 0.15) is 35.1 Å². The summed E-state index contributed by atoms with van der Waals surface area (Å²) in [5.41, 5.74) is 8.71. The number of ketones is 1. The highest BCUT2D eigenvalue weighted by atomic mass is 16.1. The maximum Gasteiger partial charge on any atom is 0.164 e. The topological polar surface area (TPSA) is 17.1 Å². The van der Waals surface area contributed by atoms with Crippen LogP contribution in [0.2, 0.25) is 0 Å². The van der Waals surface area contributed by atoms with E-state index >= 15 is 0 Å². The molecule has 0 atom stereocenters. The van der Waals surface area contributed by atoms with Gasteiger partial charge in [-0.25, -0.2) is 0 Å². The predicted octanol–water partition coefficient (Wildman–Crippen LogP) is 7.46. The van der Waals surface area contributed by atoms with Gasteiger partial charge in [0.1, 0.15) is 0 Å². The summed E-state index contributed by atoms with van der Waals surface area (Å²) in [4.78, 5) is 13.3. The maximum atomic E-state index is 13.3. The van der Waals surface area contributed by atoms with E-state index in [1.807, 2.05) is 60.7 Å². The molecule has 0 unspecified atom stereocenters. The summed E-state index contributed by atoms with van der Waals surface area (Å²) in [7, 11) is 0. The van der Waals surface area contributed by atoms with Crippen LogP contribution >= 0.6 is 0 Å². The average molecular weight is 413 g/mol. The third-order valence-corrected chi connectivity index (χ3v) is 5.98. The van der Waals surface area contributed by atoms with Crippen LogP contribution in [0.15, 0.2) is 127 Å². The molecule has 0 aliphatic heterocycles. The Morgan fingerprint density at radius 2 is 0.875 bits per heavy atom. The minimum Gasteiger partial charge on any atom is -0.294 e. The summed E-state index contributed by atoms with van der Waals surface area (Å²) in [6.45, 7) is 0. The lowest BCUT2D eigenvalue weighted by Gasteiger charge is -2.27. The third kappa shape index (κ3) is 3.86. The fourth-order valence-electron chi connectivity index (χ4n) is 4.59. The van der Waals surface area contributed by atoms with Crippen molar-refractivity contribution in [2.24, 2.45) is 0 Å². The van der Waals surface area contributed by atoms with E-state index in [-0.39, 0.29) is 5.78 Å². The molecule has 4 aromatic rings. The molecule has 0 radical (unpaired) electrons. The largest absolute Gasteiger partial charge is 0.294 e. The number of hydrogen-bond acceptors (Lipinski definition) is 1. The van der Waals surface area contributed by atoms with Crippen molar-refractivity contribution in [3.8, 4) is 0 Å². The molecule has 0 saturated heterocycles. The van der Waals surface area contributed by atoms with Crippen LogP contribution < -0.4 is 0 Å². The summed E-state index contributed by atoms with van der Waals surface area (Å²) in [6, 6.07) is 41.5. The van der Waals surface area contributed by atoms with E-state index in [9.17, 15) is 4.79 Å². The van der Waals surface area contributed by atoms with Crippen molar-refractivity contribution in [2.75, 3.05) is 0 Å².